The van der Waals surface area contributed by atoms with Crippen molar-refractivity contribution in [1.29, 1.82) is 0 Å². The van der Waals surface area contributed by atoms with Crippen LogP contribution in [0.5, 0.6) is 0 Å². The minimum atomic E-state index is -0.0431. The minimum Gasteiger partial charge on any atom is -0.465 e. The van der Waals surface area contributed by atoms with Gasteiger partial charge in [-0.1, -0.05) is 64.7 Å². The molecular formula is C17H33NO2. The second kappa shape index (κ2) is 12.2. The van der Waals surface area contributed by atoms with Crippen molar-refractivity contribution >= 4 is 5.97 Å². The summed E-state index contributed by atoms with van der Waals surface area (Å²) in [6.07, 6.45) is 15.2. The molecule has 1 atom stereocenters. The number of hydrogen-bond donors (Lipinski definition) is 1. The van der Waals surface area contributed by atoms with Crippen molar-refractivity contribution in [3.8, 4) is 0 Å². The maximum absolute atomic E-state index is 11.6. The van der Waals surface area contributed by atoms with Crippen molar-refractivity contribution in [1.82, 2.24) is 5.32 Å². The molecule has 20 heavy (non-hydrogen) atoms. The molecule has 0 aliphatic carbocycles. The largest absolute Gasteiger partial charge is 0.465 e. The van der Waals surface area contributed by atoms with Gasteiger partial charge in [-0.05, 0) is 25.8 Å². The number of ether oxygens (including phenoxy) is 1. The molecule has 1 heterocycles. The Labute approximate surface area is 124 Å². The highest BCUT2D eigenvalue weighted by atomic mass is 16.5. The Bertz CT molecular complexity index is 237. The summed E-state index contributed by atoms with van der Waals surface area (Å²) in [5.41, 5.74) is 0. The number of esters is 1. The average Bonchev–Trinajstić information content (AvgIpc) is 2.99. The number of carbonyl (C=O) groups is 1. The van der Waals surface area contributed by atoms with Gasteiger partial charge in [0.1, 0.15) is 6.04 Å². The molecule has 0 spiro atoms. The predicted molar refractivity (Wildman–Crippen MR) is 83.8 cm³/mol. The van der Waals surface area contributed by atoms with E-state index in [0.29, 0.717) is 6.61 Å². The quantitative estimate of drug-likeness (QED) is 0.431. The molecule has 1 unspecified atom stereocenters. The van der Waals surface area contributed by atoms with Gasteiger partial charge in [0.2, 0.25) is 0 Å². The van der Waals surface area contributed by atoms with Gasteiger partial charge < -0.3 is 10.1 Å². The van der Waals surface area contributed by atoms with Crippen LogP contribution >= 0.6 is 0 Å². The molecule has 1 aliphatic heterocycles. The summed E-state index contributed by atoms with van der Waals surface area (Å²) in [4.78, 5) is 11.6. The van der Waals surface area contributed by atoms with Crippen molar-refractivity contribution in [2.45, 2.75) is 90.0 Å². The fourth-order valence-corrected chi connectivity index (χ4v) is 2.75. The zero-order chi connectivity index (χ0) is 14.5. The van der Waals surface area contributed by atoms with Crippen LogP contribution in [0.3, 0.4) is 0 Å². The van der Waals surface area contributed by atoms with Gasteiger partial charge in [-0.15, -0.1) is 0 Å². The van der Waals surface area contributed by atoms with Crippen molar-refractivity contribution in [2.24, 2.45) is 0 Å². The van der Waals surface area contributed by atoms with E-state index in [1.807, 2.05) is 0 Å². The lowest BCUT2D eigenvalue weighted by Gasteiger charge is -2.10. The second-order valence-corrected chi connectivity index (χ2v) is 6.00. The molecule has 0 aromatic carbocycles. The maximum Gasteiger partial charge on any atom is 0.323 e. The summed E-state index contributed by atoms with van der Waals surface area (Å²) < 4.78 is 5.30. The summed E-state index contributed by atoms with van der Waals surface area (Å²) in [6.45, 7) is 3.82. The lowest BCUT2D eigenvalue weighted by Crippen LogP contribution is -2.32. The predicted octanol–water partition coefficient (Wildman–Crippen LogP) is 4.20. The fraction of sp³-hybridized carbons (Fsp3) is 0.941. The third kappa shape index (κ3) is 8.57. The fourth-order valence-electron chi connectivity index (χ4n) is 2.75. The molecule has 0 amide bonds. The molecule has 1 saturated heterocycles. The van der Waals surface area contributed by atoms with Gasteiger partial charge in [0.15, 0.2) is 0 Å². The summed E-state index contributed by atoms with van der Waals surface area (Å²) >= 11 is 0. The first-order valence-electron chi connectivity index (χ1n) is 8.74. The molecule has 3 nitrogen and oxygen atoms in total. The van der Waals surface area contributed by atoms with E-state index < -0.39 is 0 Å². The average molecular weight is 283 g/mol. The van der Waals surface area contributed by atoms with Crippen LogP contribution < -0.4 is 5.32 Å². The highest BCUT2D eigenvalue weighted by molar-refractivity contribution is 5.76. The lowest BCUT2D eigenvalue weighted by molar-refractivity contribution is -0.145. The molecule has 1 N–H and O–H groups in total. The number of carbonyl (C=O) groups excluding carboxylic acids is 1. The first-order valence-corrected chi connectivity index (χ1v) is 8.74. The Morgan fingerprint density at radius 3 is 2.15 bits per heavy atom. The maximum atomic E-state index is 11.6. The van der Waals surface area contributed by atoms with E-state index in [1.54, 1.807) is 0 Å². The molecule has 1 aliphatic rings. The van der Waals surface area contributed by atoms with Crippen LogP contribution in [-0.4, -0.2) is 25.2 Å². The van der Waals surface area contributed by atoms with Crippen LogP contribution in [0.1, 0.15) is 84.0 Å². The number of hydrogen-bond acceptors (Lipinski definition) is 3. The normalized spacial score (nSPS) is 18.4. The number of rotatable bonds is 12. The molecular weight excluding hydrogens is 250 g/mol. The molecule has 1 fully saturated rings. The van der Waals surface area contributed by atoms with Crippen molar-refractivity contribution in [3.63, 3.8) is 0 Å². The molecule has 1 rings (SSSR count). The molecule has 3 heteroatoms. The summed E-state index contributed by atoms with van der Waals surface area (Å²) in [6, 6.07) is -0.0295. The Hall–Kier alpha value is -0.570. The van der Waals surface area contributed by atoms with E-state index in [0.717, 1.165) is 25.8 Å². The summed E-state index contributed by atoms with van der Waals surface area (Å²) in [5, 5.41) is 3.17. The highest BCUT2D eigenvalue weighted by Gasteiger charge is 2.22. The van der Waals surface area contributed by atoms with E-state index in [4.69, 9.17) is 4.74 Å². The van der Waals surface area contributed by atoms with E-state index in [1.165, 1.54) is 57.8 Å². The zero-order valence-corrected chi connectivity index (χ0v) is 13.3. The van der Waals surface area contributed by atoms with Gasteiger partial charge in [-0.2, -0.15) is 0 Å². The molecule has 0 saturated carbocycles. The van der Waals surface area contributed by atoms with Crippen LogP contribution in [0.2, 0.25) is 0 Å². The highest BCUT2D eigenvalue weighted by Crippen LogP contribution is 2.11. The van der Waals surface area contributed by atoms with Crippen LogP contribution in [0.25, 0.3) is 0 Å². The van der Waals surface area contributed by atoms with Gasteiger partial charge in [0.25, 0.3) is 0 Å². The lowest BCUT2D eigenvalue weighted by atomic mass is 10.1. The minimum absolute atomic E-state index is 0.0295. The van der Waals surface area contributed by atoms with Gasteiger partial charge in [-0.25, -0.2) is 0 Å². The van der Waals surface area contributed by atoms with Crippen molar-refractivity contribution in [2.75, 3.05) is 13.2 Å². The van der Waals surface area contributed by atoms with Crippen molar-refractivity contribution < 1.29 is 9.53 Å². The third-order valence-electron chi connectivity index (χ3n) is 4.09. The third-order valence-corrected chi connectivity index (χ3v) is 4.09. The second-order valence-electron chi connectivity index (χ2n) is 6.00. The SMILES string of the molecule is CCCCCCCCCCCCOC(=O)C1CCCN1. The molecule has 0 bridgehead atoms. The zero-order valence-electron chi connectivity index (χ0n) is 13.3. The van der Waals surface area contributed by atoms with Gasteiger partial charge in [0, 0.05) is 0 Å². The number of unbranched alkanes of at least 4 members (excludes halogenated alkanes) is 9. The Morgan fingerprint density at radius 2 is 1.60 bits per heavy atom. The Balaban J connectivity index is 1.77. The molecule has 0 aromatic rings. The number of nitrogens with one attached hydrogen (secondary N) is 1. The first kappa shape index (κ1) is 17.5. The smallest absolute Gasteiger partial charge is 0.323 e. The van der Waals surface area contributed by atoms with Crippen LogP contribution in [0.15, 0.2) is 0 Å². The van der Waals surface area contributed by atoms with E-state index in [-0.39, 0.29) is 12.0 Å². The molecule has 0 aromatic heterocycles. The first-order chi connectivity index (χ1) is 9.84. The topological polar surface area (TPSA) is 38.3 Å². The van der Waals surface area contributed by atoms with E-state index in [9.17, 15) is 4.79 Å². The van der Waals surface area contributed by atoms with Crippen LogP contribution in [0, 0.1) is 0 Å². The Kier molecular flexibility index (Phi) is 10.7. The summed E-state index contributed by atoms with van der Waals surface area (Å²) in [7, 11) is 0. The summed E-state index contributed by atoms with van der Waals surface area (Å²) in [5.74, 6) is -0.0431. The van der Waals surface area contributed by atoms with Gasteiger partial charge in [-0.3, -0.25) is 4.79 Å². The van der Waals surface area contributed by atoms with Gasteiger partial charge in [0.05, 0.1) is 6.61 Å². The standard InChI is InChI=1S/C17H33NO2/c1-2-3-4-5-6-7-8-9-10-11-15-20-17(19)16-13-12-14-18-16/h16,18H,2-15H2,1H3. The van der Waals surface area contributed by atoms with Crippen LogP contribution in [0.4, 0.5) is 0 Å². The van der Waals surface area contributed by atoms with E-state index in [2.05, 4.69) is 12.2 Å². The Morgan fingerprint density at radius 1 is 1.00 bits per heavy atom. The van der Waals surface area contributed by atoms with Crippen LogP contribution in [-0.2, 0) is 9.53 Å². The van der Waals surface area contributed by atoms with Crippen molar-refractivity contribution in [3.05, 3.63) is 0 Å². The van der Waals surface area contributed by atoms with Gasteiger partial charge >= 0.3 is 5.97 Å². The monoisotopic (exact) mass is 283 g/mol. The van der Waals surface area contributed by atoms with E-state index >= 15 is 0 Å². The molecule has 118 valence electrons. The molecule has 0 radical (unpaired) electrons.